The SMILES string of the molecule is COc1cc2ccc(N(C3CCN(C(Cc4ccc(C(=N)N)cc4)C(=O)N4CCOCC4)C3=O)S(=O)O)cc2cc1OC. The summed E-state index contributed by atoms with van der Waals surface area (Å²) in [5.74, 6) is 0.401. The van der Waals surface area contributed by atoms with E-state index in [9.17, 15) is 18.4 Å². The smallest absolute Gasteiger partial charge is 0.262 e. The Morgan fingerprint density at radius 3 is 2.33 bits per heavy atom. The molecule has 0 aromatic heterocycles. The van der Waals surface area contributed by atoms with Crippen LogP contribution < -0.4 is 19.5 Å². The van der Waals surface area contributed by atoms with Crippen LogP contribution in [0.2, 0.25) is 0 Å². The number of hydrogen-bond acceptors (Lipinski definition) is 7. The number of rotatable bonds is 10. The highest BCUT2D eigenvalue weighted by Gasteiger charge is 2.44. The van der Waals surface area contributed by atoms with E-state index < -0.39 is 29.3 Å². The summed E-state index contributed by atoms with van der Waals surface area (Å²) in [6.07, 6.45) is 0.498. The maximum absolute atomic E-state index is 14.0. The first-order valence-corrected chi connectivity index (χ1v) is 14.9. The second-order valence-electron chi connectivity index (χ2n) is 10.4. The first kappa shape index (κ1) is 30.3. The largest absolute Gasteiger partial charge is 0.493 e. The molecule has 228 valence electrons. The number of carbonyl (C=O) groups is 2. The summed E-state index contributed by atoms with van der Waals surface area (Å²) < 4.78 is 40.6. The van der Waals surface area contributed by atoms with E-state index in [0.717, 1.165) is 16.3 Å². The zero-order valence-corrected chi connectivity index (χ0v) is 24.8. The number of nitrogen functional groups attached to an aromatic ring is 1. The van der Waals surface area contributed by atoms with Crippen molar-refractivity contribution in [2.45, 2.75) is 24.9 Å². The van der Waals surface area contributed by atoms with E-state index in [0.29, 0.717) is 49.1 Å². The van der Waals surface area contributed by atoms with Crippen molar-refractivity contribution < 1.29 is 32.6 Å². The average molecular weight is 610 g/mol. The molecule has 0 spiro atoms. The fourth-order valence-corrected chi connectivity index (χ4v) is 6.37. The number of nitrogens with two attached hydrogens (primary N) is 1. The number of methoxy groups -OCH3 is 2. The molecule has 5 rings (SSSR count). The molecular formula is C30H35N5O7S. The Morgan fingerprint density at radius 1 is 1.07 bits per heavy atom. The highest BCUT2D eigenvalue weighted by atomic mass is 32.2. The monoisotopic (exact) mass is 609 g/mol. The minimum Gasteiger partial charge on any atom is -0.493 e. The van der Waals surface area contributed by atoms with Crippen LogP contribution in [0.15, 0.2) is 54.6 Å². The molecule has 0 bridgehead atoms. The number of ether oxygens (including phenoxy) is 3. The second kappa shape index (κ2) is 13.0. The lowest BCUT2D eigenvalue weighted by Gasteiger charge is -2.35. The third-order valence-corrected chi connectivity index (χ3v) is 8.72. The van der Waals surface area contributed by atoms with Crippen molar-refractivity contribution in [3.63, 3.8) is 0 Å². The van der Waals surface area contributed by atoms with Crippen LogP contribution in [0.1, 0.15) is 17.5 Å². The van der Waals surface area contributed by atoms with Crippen LogP contribution in [0.5, 0.6) is 11.5 Å². The van der Waals surface area contributed by atoms with Gasteiger partial charge in [0.2, 0.25) is 11.8 Å². The number of nitrogens with zero attached hydrogens (tertiary/aromatic N) is 3. The minimum atomic E-state index is -2.52. The summed E-state index contributed by atoms with van der Waals surface area (Å²) in [6, 6.07) is 14.0. The molecule has 0 radical (unpaired) electrons. The van der Waals surface area contributed by atoms with Gasteiger partial charge in [-0.15, -0.1) is 0 Å². The lowest BCUT2D eigenvalue weighted by atomic mass is 10.0. The number of anilines is 1. The molecule has 3 unspecified atom stereocenters. The number of nitrogens with one attached hydrogen (secondary N) is 1. The van der Waals surface area contributed by atoms with Crippen LogP contribution in [-0.2, 0) is 32.0 Å². The van der Waals surface area contributed by atoms with Gasteiger partial charge in [0.1, 0.15) is 17.9 Å². The first-order chi connectivity index (χ1) is 20.7. The number of benzene rings is 3. The molecule has 3 aromatic carbocycles. The zero-order valence-electron chi connectivity index (χ0n) is 24.0. The molecule has 2 fully saturated rings. The van der Waals surface area contributed by atoms with Gasteiger partial charge in [-0.25, -0.2) is 4.21 Å². The molecule has 3 atom stereocenters. The molecule has 0 aliphatic carbocycles. The van der Waals surface area contributed by atoms with Gasteiger partial charge < -0.3 is 29.7 Å². The minimum absolute atomic E-state index is 0.0616. The van der Waals surface area contributed by atoms with Crippen LogP contribution in [0.25, 0.3) is 10.8 Å². The van der Waals surface area contributed by atoms with Gasteiger partial charge in [-0.1, -0.05) is 30.3 Å². The van der Waals surface area contributed by atoms with Crippen molar-refractivity contribution >= 4 is 45.4 Å². The first-order valence-electron chi connectivity index (χ1n) is 13.9. The van der Waals surface area contributed by atoms with E-state index in [1.807, 2.05) is 6.07 Å². The summed E-state index contributed by atoms with van der Waals surface area (Å²) in [4.78, 5) is 31.0. The molecule has 2 aliphatic rings. The van der Waals surface area contributed by atoms with Crippen LogP contribution >= 0.6 is 0 Å². The molecule has 12 nitrogen and oxygen atoms in total. The van der Waals surface area contributed by atoms with Crippen molar-refractivity contribution in [1.29, 1.82) is 5.41 Å². The lowest BCUT2D eigenvalue weighted by Crippen LogP contribution is -2.54. The van der Waals surface area contributed by atoms with Gasteiger partial charge in [0.05, 0.1) is 33.1 Å². The Hall–Kier alpha value is -4.20. The van der Waals surface area contributed by atoms with Crippen LogP contribution in [-0.4, -0.2) is 95.4 Å². The van der Waals surface area contributed by atoms with E-state index in [-0.39, 0.29) is 31.1 Å². The number of likely N-dealkylation sites (tertiary alicyclic amines) is 1. The van der Waals surface area contributed by atoms with Crippen LogP contribution in [0.4, 0.5) is 5.69 Å². The predicted molar refractivity (Wildman–Crippen MR) is 163 cm³/mol. The van der Waals surface area contributed by atoms with E-state index in [1.54, 1.807) is 60.5 Å². The van der Waals surface area contributed by atoms with E-state index in [2.05, 4.69) is 0 Å². The normalized spacial score (nSPS) is 18.4. The quantitative estimate of drug-likeness (QED) is 0.179. The van der Waals surface area contributed by atoms with Crippen molar-refractivity contribution in [3.05, 3.63) is 65.7 Å². The number of amidine groups is 1. The predicted octanol–water partition coefficient (Wildman–Crippen LogP) is 2.16. The third kappa shape index (κ3) is 6.28. The van der Waals surface area contributed by atoms with E-state index in [1.165, 1.54) is 16.3 Å². The van der Waals surface area contributed by atoms with Gasteiger partial charge >= 0.3 is 0 Å². The van der Waals surface area contributed by atoms with Gasteiger partial charge in [-0.05, 0) is 47.0 Å². The molecule has 4 N–H and O–H groups in total. The highest BCUT2D eigenvalue weighted by molar-refractivity contribution is 7.80. The maximum atomic E-state index is 14.0. The molecule has 2 amide bonds. The van der Waals surface area contributed by atoms with Crippen molar-refractivity contribution in [2.24, 2.45) is 5.73 Å². The Balaban J connectivity index is 1.45. The Labute approximate surface area is 252 Å². The second-order valence-corrected chi connectivity index (χ2v) is 11.3. The average Bonchev–Trinajstić information content (AvgIpc) is 3.39. The van der Waals surface area contributed by atoms with Gasteiger partial charge in [-0.3, -0.25) is 23.9 Å². The van der Waals surface area contributed by atoms with Crippen molar-refractivity contribution in [1.82, 2.24) is 9.80 Å². The Bertz CT molecular complexity index is 1540. The van der Waals surface area contributed by atoms with E-state index >= 15 is 0 Å². The molecule has 3 aromatic rings. The Kier molecular flexibility index (Phi) is 9.14. The summed E-state index contributed by atoms with van der Waals surface area (Å²) in [5, 5.41) is 9.22. The van der Waals surface area contributed by atoms with Crippen molar-refractivity contribution in [3.8, 4) is 11.5 Å². The lowest BCUT2D eigenvalue weighted by molar-refractivity contribution is -0.146. The van der Waals surface area contributed by atoms with Gasteiger partial charge in [-0.2, -0.15) is 0 Å². The molecule has 0 saturated carbocycles. The summed E-state index contributed by atoms with van der Waals surface area (Å²) in [5.41, 5.74) is 7.34. The summed E-state index contributed by atoms with van der Waals surface area (Å²) in [6.45, 7) is 1.91. The van der Waals surface area contributed by atoms with Gasteiger partial charge in [0.25, 0.3) is 11.3 Å². The highest BCUT2D eigenvalue weighted by Crippen LogP contribution is 2.35. The topological polar surface area (TPSA) is 159 Å². The maximum Gasteiger partial charge on any atom is 0.262 e. The molecular weight excluding hydrogens is 574 g/mol. The van der Waals surface area contributed by atoms with Crippen molar-refractivity contribution in [2.75, 3.05) is 51.4 Å². The zero-order chi connectivity index (χ0) is 30.7. The fraction of sp³-hybridized carbons (Fsp3) is 0.367. The molecule has 2 aliphatic heterocycles. The molecule has 13 heteroatoms. The number of carbonyl (C=O) groups excluding carboxylic acids is 2. The number of morpholine rings is 1. The van der Waals surface area contributed by atoms with Gasteiger partial charge in [0, 0.05) is 31.6 Å². The number of amides is 2. The third-order valence-electron chi connectivity index (χ3n) is 7.92. The van der Waals surface area contributed by atoms with E-state index in [4.69, 9.17) is 25.4 Å². The van der Waals surface area contributed by atoms with Gasteiger partial charge in [0.15, 0.2) is 11.5 Å². The molecule has 43 heavy (non-hydrogen) atoms. The number of hydrogen-bond donors (Lipinski definition) is 3. The number of fused-ring (bicyclic) bond motifs is 1. The molecule has 2 heterocycles. The molecule has 2 saturated heterocycles. The van der Waals surface area contributed by atoms with Crippen LogP contribution in [0, 0.1) is 5.41 Å². The summed E-state index contributed by atoms with van der Waals surface area (Å²) >= 11 is -2.52. The standard InChI is InChI=1S/C30H35N5O7S/c1-40-26-17-21-7-8-23(16-22(21)18-27(26)41-2)35(43(38)39)24-9-10-34(30(24)37)25(29(36)33-11-13-42-14-12-33)15-19-3-5-20(6-4-19)28(31)32/h3-8,16-18,24-25H,9-15H2,1-2H3,(H3,31,32)(H,38,39). The Morgan fingerprint density at radius 2 is 1.72 bits per heavy atom. The summed E-state index contributed by atoms with van der Waals surface area (Å²) in [7, 11) is 3.07. The van der Waals surface area contributed by atoms with Crippen LogP contribution in [0.3, 0.4) is 0 Å². The fourth-order valence-electron chi connectivity index (χ4n) is 5.66.